The first-order valence-electron chi connectivity index (χ1n) is 8.74. The normalized spacial score (nSPS) is 14.4. The van der Waals surface area contributed by atoms with Crippen LogP contribution < -0.4 is 16.0 Å². The van der Waals surface area contributed by atoms with Crippen molar-refractivity contribution in [3.63, 3.8) is 0 Å². The molecule has 4 rings (SSSR count). The van der Waals surface area contributed by atoms with Gasteiger partial charge in [0.25, 0.3) is 5.91 Å². The summed E-state index contributed by atoms with van der Waals surface area (Å²) in [5.41, 5.74) is 2.18. The molecule has 0 atom stereocenters. The summed E-state index contributed by atoms with van der Waals surface area (Å²) in [7, 11) is 0. The minimum atomic E-state index is -0.270. The smallest absolute Gasteiger partial charge is 0.260 e. The zero-order chi connectivity index (χ0) is 17.8. The Balaban J connectivity index is 0.00000210. The van der Waals surface area contributed by atoms with Gasteiger partial charge in [0.15, 0.2) is 0 Å². The summed E-state index contributed by atoms with van der Waals surface area (Å²) in [6.45, 7) is 2.04. The van der Waals surface area contributed by atoms with Gasteiger partial charge in [0.05, 0.1) is 11.1 Å². The van der Waals surface area contributed by atoms with E-state index in [1.165, 1.54) is 0 Å². The molecule has 140 valence electrons. The van der Waals surface area contributed by atoms with Gasteiger partial charge in [0, 0.05) is 35.7 Å². The number of amides is 1. The second kappa shape index (κ2) is 8.75. The number of benzene rings is 1. The Labute approximate surface area is 163 Å². The van der Waals surface area contributed by atoms with Crippen LogP contribution in [0.4, 0.5) is 11.6 Å². The summed E-state index contributed by atoms with van der Waals surface area (Å²) in [4.78, 5) is 25.2. The number of halogens is 1. The zero-order valence-corrected chi connectivity index (χ0v) is 15.5. The fourth-order valence-corrected chi connectivity index (χ4v) is 3.20. The number of nitrogens with zero attached hydrogens (tertiary/aromatic N) is 3. The van der Waals surface area contributed by atoms with E-state index in [9.17, 15) is 4.79 Å². The van der Waals surface area contributed by atoms with Crippen molar-refractivity contribution in [3.05, 3.63) is 54.5 Å². The van der Waals surface area contributed by atoms with E-state index < -0.39 is 0 Å². The summed E-state index contributed by atoms with van der Waals surface area (Å²) in [5, 5.41) is 10.6. The molecule has 0 aliphatic carbocycles. The number of rotatable bonds is 4. The maximum Gasteiger partial charge on any atom is 0.260 e. The Morgan fingerprint density at radius 1 is 1.00 bits per heavy atom. The van der Waals surface area contributed by atoms with Gasteiger partial charge in [-0.15, -0.1) is 12.4 Å². The molecule has 0 radical (unpaired) electrons. The van der Waals surface area contributed by atoms with E-state index in [0.717, 1.165) is 37.0 Å². The van der Waals surface area contributed by atoms with Crippen LogP contribution in [0.25, 0.3) is 10.9 Å². The van der Waals surface area contributed by atoms with Crippen LogP contribution in [-0.4, -0.2) is 40.0 Å². The number of hydrogen-bond acceptors (Lipinski definition) is 6. The molecule has 1 aliphatic rings. The fourth-order valence-electron chi connectivity index (χ4n) is 3.20. The van der Waals surface area contributed by atoms with Crippen LogP contribution in [0, 0.1) is 0 Å². The monoisotopic (exact) mass is 384 g/mol. The first-order chi connectivity index (χ1) is 12.8. The molecule has 1 saturated heterocycles. The predicted octanol–water partition coefficient (Wildman–Crippen LogP) is 2.86. The summed E-state index contributed by atoms with van der Waals surface area (Å²) in [6.07, 6.45) is 7.03. The van der Waals surface area contributed by atoms with Crippen LogP contribution in [0.1, 0.15) is 23.2 Å². The van der Waals surface area contributed by atoms with E-state index in [1.807, 2.05) is 18.2 Å². The molecular weight excluding hydrogens is 364 g/mol. The van der Waals surface area contributed by atoms with Crippen LogP contribution in [0.2, 0.25) is 0 Å². The zero-order valence-electron chi connectivity index (χ0n) is 14.7. The Kier molecular flexibility index (Phi) is 6.16. The second-order valence-electron chi connectivity index (χ2n) is 6.26. The maximum absolute atomic E-state index is 12.7. The molecule has 3 N–H and O–H groups in total. The third-order valence-electron chi connectivity index (χ3n) is 4.50. The van der Waals surface area contributed by atoms with Crippen LogP contribution in [0.3, 0.4) is 0 Å². The lowest BCUT2D eigenvalue weighted by molar-refractivity contribution is 0.102. The maximum atomic E-state index is 12.7. The number of nitrogens with one attached hydrogen (secondary N) is 3. The molecule has 27 heavy (non-hydrogen) atoms. The quantitative estimate of drug-likeness (QED) is 0.640. The molecule has 3 aromatic rings. The number of hydrogen-bond donors (Lipinski definition) is 3. The van der Waals surface area contributed by atoms with E-state index >= 15 is 0 Å². The average Bonchev–Trinajstić information content (AvgIpc) is 2.70. The number of carbonyl (C=O) groups is 1. The first kappa shape index (κ1) is 19.0. The van der Waals surface area contributed by atoms with Gasteiger partial charge >= 0.3 is 0 Å². The lowest BCUT2D eigenvalue weighted by Crippen LogP contribution is -2.35. The molecule has 1 aliphatic heterocycles. The average molecular weight is 385 g/mol. The SMILES string of the molecule is Cl.O=C(Nc1ncccn1)c1ccc(NC2CCNCC2)c2cccnc12. The Morgan fingerprint density at radius 2 is 1.74 bits per heavy atom. The van der Waals surface area contributed by atoms with E-state index in [1.54, 1.807) is 30.7 Å². The van der Waals surface area contributed by atoms with Crippen LogP contribution >= 0.6 is 12.4 Å². The summed E-state index contributed by atoms with van der Waals surface area (Å²) in [6, 6.07) is 9.76. The Morgan fingerprint density at radius 3 is 2.52 bits per heavy atom. The first-order valence-corrected chi connectivity index (χ1v) is 8.74. The van der Waals surface area contributed by atoms with Gasteiger partial charge in [-0.3, -0.25) is 15.1 Å². The molecule has 1 fully saturated rings. The minimum Gasteiger partial charge on any atom is -0.382 e. The number of carbonyl (C=O) groups excluding carboxylic acids is 1. The topological polar surface area (TPSA) is 91.8 Å². The van der Waals surface area contributed by atoms with Crippen molar-refractivity contribution in [1.29, 1.82) is 0 Å². The van der Waals surface area contributed by atoms with Crippen LogP contribution in [0.15, 0.2) is 48.9 Å². The molecular formula is C19H21ClN6O. The lowest BCUT2D eigenvalue weighted by atomic mass is 10.0. The molecule has 3 heterocycles. The number of aromatic nitrogens is 3. The fraction of sp³-hybridized carbons (Fsp3) is 0.263. The predicted molar refractivity (Wildman–Crippen MR) is 108 cm³/mol. The minimum absolute atomic E-state index is 0. The number of pyridine rings is 1. The number of fused-ring (bicyclic) bond motifs is 1. The van der Waals surface area contributed by atoms with Crippen LogP contribution in [0.5, 0.6) is 0 Å². The van der Waals surface area contributed by atoms with E-state index in [2.05, 4.69) is 30.9 Å². The third-order valence-corrected chi connectivity index (χ3v) is 4.50. The van der Waals surface area contributed by atoms with Crippen molar-refractivity contribution in [2.75, 3.05) is 23.7 Å². The highest BCUT2D eigenvalue weighted by Gasteiger charge is 2.17. The van der Waals surface area contributed by atoms with Gasteiger partial charge in [-0.05, 0) is 56.3 Å². The van der Waals surface area contributed by atoms with Crippen molar-refractivity contribution in [2.24, 2.45) is 0 Å². The highest BCUT2D eigenvalue weighted by atomic mass is 35.5. The van der Waals surface area contributed by atoms with Gasteiger partial charge in [-0.2, -0.15) is 0 Å². The summed E-state index contributed by atoms with van der Waals surface area (Å²) < 4.78 is 0. The number of piperidine rings is 1. The van der Waals surface area contributed by atoms with Gasteiger partial charge in [-0.25, -0.2) is 9.97 Å². The van der Waals surface area contributed by atoms with Gasteiger partial charge in [0.1, 0.15) is 0 Å². The summed E-state index contributed by atoms with van der Waals surface area (Å²) >= 11 is 0. The lowest BCUT2D eigenvalue weighted by Gasteiger charge is -2.25. The van der Waals surface area contributed by atoms with Crippen molar-refractivity contribution < 1.29 is 4.79 Å². The molecule has 7 nitrogen and oxygen atoms in total. The van der Waals surface area contributed by atoms with Gasteiger partial charge in [0.2, 0.25) is 5.95 Å². The van der Waals surface area contributed by atoms with Gasteiger partial charge < -0.3 is 10.6 Å². The summed E-state index contributed by atoms with van der Waals surface area (Å²) in [5.74, 6) is 0.00630. The molecule has 1 amide bonds. The highest BCUT2D eigenvalue weighted by Crippen LogP contribution is 2.27. The molecule has 0 spiro atoms. The molecule has 8 heteroatoms. The Bertz CT molecular complexity index is 914. The molecule has 0 unspecified atom stereocenters. The van der Waals surface area contributed by atoms with Crippen molar-refractivity contribution >= 4 is 40.9 Å². The standard InChI is InChI=1S/C19H20N6O.ClH/c26-18(25-19-22-9-2-10-23-19)15-4-5-16(14-3-1-8-21-17(14)15)24-13-6-11-20-12-7-13;/h1-5,8-10,13,20,24H,6-7,11-12H2,(H,22,23,25,26);1H. The van der Waals surface area contributed by atoms with Crippen molar-refractivity contribution in [1.82, 2.24) is 20.3 Å². The number of anilines is 2. The largest absolute Gasteiger partial charge is 0.382 e. The van der Waals surface area contributed by atoms with E-state index in [4.69, 9.17) is 0 Å². The molecule has 0 bridgehead atoms. The second-order valence-corrected chi connectivity index (χ2v) is 6.26. The van der Waals surface area contributed by atoms with Gasteiger partial charge in [-0.1, -0.05) is 0 Å². The molecule has 0 saturated carbocycles. The Hall–Kier alpha value is -2.77. The van der Waals surface area contributed by atoms with E-state index in [-0.39, 0.29) is 24.3 Å². The molecule has 2 aromatic heterocycles. The van der Waals surface area contributed by atoms with Crippen LogP contribution in [-0.2, 0) is 0 Å². The third kappa shape index (κ3) is 4.32. The highest BCUT2D eigenvalue weighted by molar-refractivity contribution is 6.13. The van der Waals surface area contributed by atoms with Crippen molar-refractivity contribution in [3.8, 4) is 0 Å². The van der Waals surface area contributed by atoms with E-state index in [0.29, 0.717) is 17.1 Å². The van der Waals surface area contributed by atoms with Crippen molar-refractivity contribution in [2.45, 2.75) is 18.9 Å². The molecule has 1 aromatic carbocycles.